The van der Waals surface area contributed by atoms with E-state index in [4.69, 9.17) is 21.1 Å². The van der Waals surface area contributed by atoms with Crippen molar-refractivity contribution in [2.24, 2.45) is 7.05 Å². The van der Waals surface area contributed by atoms with Crippen molar-refractivity contribution in [1.29, 1.82) is 10.5 Å². The summed E-state index contributed by atoms with van der Waals surface area (Å²) in [5, 5.41) is 20.6. The second-order valence-electron chi connectivity index (χ2n) is 13.9. The fraction of sp³-hybridized carbons (Fsp3) is 0.273. The Balaban J connectivity index is 1.32. The molecule has 2 aliphatic heterocycles. The predicted molar refractivity (Wildman–Crippen MR) is 211 cm³/mol. The quantitative estimate of drug-likeness (QED) is 0.157. The first-order chi connectivity index (χ1) is 26.7. The summed E-state index contributed by atoms with van der Waals surface area (Å²) in [6, 6.07) is 31.9. The number of halogens is 1. The lowest BCUT2D eigenvalue weighted by molar-refractivity contribution is 0.0193. The van der Waals surface area contributed by atoms with Crippen molar-refractivity contribution in [3.63, 3.8) is 0 Å². The molecule has 1 fully saturated rings. The van der Waals surface area contributed by atoms with Gasteiger partial charge in [0.2, 0.25) is 0 Å². The number of hydrogen-bond donors (Lipinski definition) is 0. The number of hydrogen-bond acceptors (Lipinski definition) is 7. The molecule has 0 radical (unpaired) electrons. The Labute approximate surface area is 326 Å². The molecule has 1 atom stereocenters. The molecule has 4 aromatic carbocycles. The number of nitrogens with zero attached hydrogens (tertiary/aromatic N) is 6. The zero-order valence-electron chi connectivity index (χ0n) is 31.1. The Hall–Kier alpha value is -5.91. The molecule has 0 bridgehead atoms. The van der Waals surface area contributed by atoms with Crippen molar-refractivity contribution in [3.05, 3.63) is 141 Å². The highest BCUT2D eigenvalue weighted by Gasteiger charge is 2.35. The van der Waals surface area contributed by atoms with Gasteiger partial charge in [-0.05, 0) is 78.6 Å². The maximum Gasteiger partial charge on any atom is 0.260 e. The Bertz CT molecular complexity index is 2330. The van der Waals surface area contributed by atoms with E-state index in [0.29, 0.717) is 88.4 Å². The first-order valence-corrected chi connectivity index (χ1v) is 18.6. The third kappa shape index (κ3) is 7.58. The van der Waals surface area contributed by atoms with Crippen LogP contribution in [0, 0.1) is 29.6 Å². The normalized spacial score (nSPS) is 15.5. The molecular formula is C44H41ClN6O4. The smallest absolute Gasteiger partial charge is 0.260 e. The van der Waals surface area contributed by atoms with E-state index in [-0.39, 0.29) is 30.0 Å². The maximum atomic E-state index is 15.1. The van der Waals surface area contributed by atoms with Crippen LogP contribution in [0.4, 0.5) is 5.69 Å². The largest absolute Gasteiger partial charge is 0.495 e. The molecule has 55 heavy (non-hydrogen) atoms. The van der Waals surface area contributed by atoms with Crippen LogP contribution in [-0.4, -0.2) is 72.2 Å². The van der Waals surface area contributed by atoms with Crippen LogP contribution in [0.5, 0.6) is 5.75 Å². The van der Waals surface area contributed by atoms with E-state index in [1.807, 2.05) is 47.7 Å². The van der Waals surface area contributed by atoms with Crippen molar-refractivity contribution < 1.29 is 19.1 Å². The number of rotatable bonds is 9. The molecular weight excluding hydrogens is 712 g/mol. The Kier molecular flexibility index (Phi) is 11.0. The SMILES string of the molecule is COc1cc(-c2cc(C(=O)N(Cc3ccccc3C#N)c3ccc(Cl)cc3)c(C)n2C)c(C(=O)N2Cc3ccccc3C[C@H]2CN2CCOCC2)cc1C#N. The highest BCUT2D eigenvalue weighted by Crippen LogP contribution is 2.37. The molecule has 2 amide bonds. The van der Waals surface area contributed by atoms with Crippen molar-refractivity contribution in [2.45, 2.75) is 32.5 Å². The average Bonchev–Trinajstić information content (AvgIpc) is 3.52. The molecule has 7 rings (SSSR count). The summed E-state index contributed by atoms with van der Waals surface area (Å²) < 4.78 is 13.2. The van der Waals surface area contributed by atoms with Gasteiger partial charge in [0.05, 0.1) is 55.2 Å². The minimum atomic E-state index is -0.291. The van der Waals surface area contributed by atoms with E-state index in [1.165, 1.54) is 12.7 Å². The van der Waals surface area contributed by atoms with Crippen LogP contribution in [0.3, 0.4) is 0 Å². The number of nitriles is 2. The number of carbonyl (C=O) groups excluding carboxylic acids is 2. The Morgan fingerprint density at radius 3 is 2.31 bits per heavy atom. The number of amides is 2. The van der Waals surface area contributed by atoms with Crippen molar-refractivity contribution in [2.75, 3.05) is 44.9 Å². The highest BCUT2D eigenvalue weighted by atomic mass is 35.5. The van der Waals surface area contributed by atoms with Gasteiger partial charge in [0, 0.05) is 66.9 Å². The van der Waals surface area contributed by atoms with Gasteiger partial charge in [0.25, 0.3) is 11.8 Å². The van der Waals surface area contributed by atoms with Crippen molar-refractivity contribution >= 4 is 29.1 Å². The molecule has 2 aliphatic rings. The van der Waals surface area contributed by atoms with Gasteiger partial charge in [-0.1, -0.05) is 54.1 Å². The van der Waals surface area contributed by atoms with Crippen molar-refractivity contribution in [3.8, 4) is 29.1 Å². The summed E-state index contributed by atoms with van der Waals surface area (Å²) >= 11 is 6.24. The van der Waals surface area contributed by atoms with Gasteiger partial charge in [-0.2, -0.15) is 10.5 Å². The summed E-state index contributed by atoms with van der Waals surface area (Å²) in [4.78, 5) is 35.7. The maximum absolute atomic E-state index is 15.1. The molecule has 1 saturated heterocycles. The molecule has 3 heterocycles. The molecule has 0 aliphatic carbocycles. The zero-order chi connectivity index (χ0) is 38.6. The second-order valence-corrected chi connectivity index (χ2v) is 14.3. The third-order valence-electron chi connectivity index (χ3n) is 10.8. The average molecular weight is 753 g/mol. The zero-order valence-corrected chi connectivity index (χ0v) is 31.8. The van der Waals surface area contributed by atoms with E-state index in [2.05, 4.69) is 29.2 Å². The summed E-state index contributed by atoms with van der Waals surface area (Å²) in [5.41, 5.74) is 6.93. The number of morpholine rings is 1. The van der Waals surface area contributed by atoms with Gasteiger partial charge in [0.1, 0.15) is 11.8 Å². The van der Waals surface area contributed by atoms with Crippen LogP contribution in [-0.2, 0) is 31.3 Å². The van der Waals surface area contributed by atoms with Crippen LogP contribution in [0.2, 0.25) is 5.02 Å². The number of aromatic nitrogens is 1. The molecule has 5 aromatic rings. The molecule has 0 unspecified atom stereocenters. The number of fused-ring (bicyclic) bond motifs is 1. The van der Waals surface area contributed by atoms with Gasteiger partial charge < -0.3 is 23.8 Å². The molecule has 11 heteroatoms. The summed E-state index contributed by atoms with van der Waals surface area (Å²) in [5.74, 6) is -0.170. The van der Waals surface area contributed by atoms with Crippen LogP contribution in [0.25, 0.3) is 11.3 Å². The molecule has 0 spiro atoms. The minimum absolute atomic E-state index is 0.113. The third-order valence-corrected chi connectivity index (χ3v) is 11.0. The molecule has 278 valence electrons. The van der Waals surface area contributed by atoms with E-state index in [9.17, 15) is 15.3 Å². The number of anilines is 1. The fourth-order valence-electron chi connectivity index (χ4n) is 7.61. The number of ether oxygens (including phenoxy) is 2. The predicted octanol–water partition coefficient (Wildman–Crippen LogP) is 7.15. The van der Waals surface area contributed by atoms with E-state index in [0.717, 1.165) is 18.7 Å². The monoisotopic (exact) mass is 752 g/mol. The number of methoxy groups -OCH3 is 1. The van der Waals surface area contributed by atoms with Crippen molar-refractivity contribution in [1.82, 2.24) is 14.4 Å². The Morgan fingerprint density at radius 2 is 1.60 bits per heavy atom. The summed E-state index contributed by atoms with van der Waals surface area (Å²) in [6.45, 7) is 6.01. The van der Waals surface area contributed by atoms with Gasteiger partial charge in [-0.3, -0.25) is 14.5 Å². The van der Waals surface area contributed by atoms with Gasteiger partial charge in [-0.15, -0.1) is 0 Å². The number of benzene rings is 4. The molecule has 0 saturated carbocycles. The molecule has 1 aromatic heterocycles. The minimum Gasteiger partial charge on any atom is -0.495 e. The fourth-order valence-corrected chi connectivity index (χ4v) is 7.73. The lowest BCUT2D eigenvalue weighted by Gasteiger charge is -2.40. The number of carbonyl (C=O) groups is 2. The first-order valence-electron chi connectivity index (χ1n) is 18.2. The van der Waals surface area contributed by atoms with E-state index >= 15 is 4.79 Å². The molecule has 0 N–H and O–H groups in total. The first kappa shape index (κ1) is 37.4. The Morgan fingerprint density at radius 1 is 0.909 bits per heavy atom. The van der Waals surface area contributed by atoms with Gasteiger partial charge in [0.15, 0.2) is 0 Å². The van der Waals surface area contributed by atoms with E-state index < -0.39 is 0 Å². The highest BCUT2D eigenvalue weighted by molar-refractivity contribution is 6.30. The van der Waals surface area contributed by atoms with Crippen LogP contribution < -0.4 is 9.64 Å². The van der Waals surface area contributed by atoms with Crippen LogP contribution >= 0.6 is 11.6 Å². The standard InChI is InChI=1S/C44H41ClN6O4/c1-29-38(43(52)50(36-14-12-35(45)13-15-36)27-33-11-7-5-9-31(33)24-46)22-41(48(29)2)39-23-42(54-3)34(25-47)21-40(39)44(53)51-26-32-10-6-4-8-30(32)20-37(51)28-49-16-18-55-19-17-49/h4-15,21-23,37H,16-20,26-28H2,1-3H3/t37-/m0/s1. The van der Waals surface area contributed by atoms with E-state index in [1.54, 1.807) is 59.5 Å². The lowest BCUT2D eigenvalue weighted by atomic mass is 9.91. The topological polar surface area (TPSA) is 115 Å². The lowest BCUT2D eigenvalue weighted by Crippen LogP contribution is -2.52. The van der Waals surface area contributed by atoms with Gasteiger partial charge in [-0.25, -0.2) is 0 Å². The van der Waals surface area contributed by atoms with Crippen LogP contribution in [0.15, 0.2) is 91.0 Å². The van der Waals surface area contributed by atoms with Crippen LogP contribution in [0.1, 0.15) is 54.2 Å². The molecule has 10 nitrogen and oxygen atoms in total. The second kappa shape index (κ2) is 16.2. The summed E-state index contributed by atoms with van der Waals surface area (Å²) in [7, 11) is 3.35. The van der Waals surface area contributed by atoms with Gasteiger partial charge >= 0.3 is 0 Å². The summed E-state index contributed by atoms with van der Waals surface area (Å²) in [6.07, 6.45) is 0.702.